The first-order valence-corrected chi connectivity index (χ1v) is 7.04. The van der Waals surface area contributed by atoms with Crippen LogP contribution in [-0.2, 0) is 18.4 Å². The van der Waals surface area contributed by atoms with Crippen LogP contribution in [0.2, 0.25) is 0 Å². The van der Waals surface area contributed by atoms with Crippen molar-refractivity contribution in [2.24, 2.45) is 0 Å². The third-order valence-corrected chi connectivity index (χ3v) is 3.53. The van der Waals surface area contributed by atoms with E-state index in [1.165, 1.54) is 27.7 Å². The molecule has 2 heteroatoms. The zero-order valence-electron chi connectivity index (χ0n) is 12.7. The molecule has 2 nitrogen and oxygen atoms in total. The fraction of sp³-hybridized carbons (Fsp3) is 0.471. The molecule has 0 aliphatic rings. The van der Waals surface area contributed by atoms with Crippen LogP contribution in [0.1, 0.15) is 44.5 Å². The van der Waals surface area contributed by atoms with Crippen LogP contribution in [0.15, 0.2) is 24.3 Å². The Morgan fingerprint density at radius 1 is 1.16 bits per heavy atom. The Bertz CT molecular complexity index is 580. The highest BCUT2D eigenvalue weighted by Gasteiger charge is 2.18. The van der Waals surface area contributed by atoms with E-state index in [2.05, 4.69) is 57.3 Å². The molecule has 2 rings (SSSR count). The number of aromatic nitrogens is 1. The average molecular weight is 256 g/mol. The Morgan fingerprint density at radius 2 is 1.89 bits per heavy atom. The number of hydrogen-bond acceptors (Lipinski definition) is 2. The predicted octanol–water partition coefficient (Wildman–Crippen LogP) is 3.81. The normalized spacial score (nSPS) is 12.1. The SMILES string of the molecule is CCc1cccc2c(CNC)cc(C(C)(C)C)nc12. The van der Waals surface area contributed by atoms with E-state index in [4.69, 9.17) is 4.98 Å². The summed E-state index contributed by atoms with van der Waals surface area (Å²) in [6.07, 6.45) is 1.02. The van der Waals surface area contributed by atoms with Crippen LogP contribution in [-0.4, -0.2) is 12.0 Å². The van der Waals surface area contributed by atoms with E-state index >= 15 is 0 Å². The highest BCUT2D eigenvalue weighted by molar-refractivity contribution is 5.85. The summed E-state index contributed by atoms with van der Waals surface area (Å²) in [4.78, 5) is 4.93. The van der Waals surface area contributed by atoms with Gasteiger partial charge in [-0.05, 0) is 30.7 Å². The van der Waals surface area contributed by atoms with Crippen molar-refractivity contribution < 1.29 is 0 Å². The fourth-order valence-corrected chi connectivity index (χ4v) is 2.38. The smallest absolute Gasteiger partial charge is 0.0740 e. The lowest BCUT2D eigenvalue weighted by Gasteiger charge is -2.21. The third-order valence-electron chi connectivity index (χ3n) is 3.53. The molecule has 0 bridgehead atoms. The summed E-state index contributed by atoms with van der Waals surface area (Å²) in [5.74, 6) is 0. The van der Waals surface area contributed by atoms with Crippen molar-refractivity contribution in [1.29, 1.82) is 0 Å². The molecular weight excluding hydrogens is 232 g/mol. The molecule has 1 heterocycles. The van der Waals surface area contributed by atoms with Gasteiger partial charge in [-0.1, -0.05) is 45.9 Å². The van der Waals surface area contributed by atoms with Crippen molar-refractivity contribution in [3.63, 3.8) is 0 Å². The van der Waals surface area contributed by atoms with Crippen LogP contribution in [0, 0.1) is 0 Å². The summed E-state index contributed by atoms with van der Waals surface area (Å²) in [6, 6.07) is 8.75. The first kappa shape index (κ1) is 14.0. The van der Waals surface area contributed by atoms with Gasteiger partial charge >= 0.3 is 0 Å². The Balaban J connectivity index is 2.76. The van der Waals surface area contributed by atoms with Crippen LogP contribution in [0.3, 0.4) is 0 Å². The molecular formula is C17H24N2. The van der Waals surface area contributed by atoms with Gasteiger partial charge in [0.1, 0.15) is 0 Å². The number of nitrogens with zero attached hydrogens (tertiary/aromatic N) is 1. The highest BCUT2D eigenvalue weighted by atomic mass is 14.8. The van der Waals surface area contributed by atoms with E-state index in [1.54, 1.807) is 0 Å². The number of fused-ring (bicyclic) bond motifs is 1. The van der Waals surface area contributed by atoms with Gasteiger partial charge < -0.3 is 5.32 Å². The van der Waals surface area contributed by atoms with Crippen molar-refractivity contribution in [2.75, 3.05) is 7.05 Å². The minimum absolute atomic E-state index is 0.0809. The van der Waals surface area contributed by atoms with Crippen molar-refractivity contribution >= 4 is 10.9 Å². The minimum Gasteiger partial charge on any atom is -0.316 e. The lowest BCUT2D eigenvalue weighted by molar-refractivity contribution is 0.570. The number of benzene rings is 1. The van der Waals surface area contributed by atoms with Crippen molar-refractivity contribution in [3.05, 3.63) is 41.1 Å². The van der Waals surface area contributed by atoms with Crippen LogP contribution < -0.4 is 5.32 Å². The zero-order valence-corrected chi connectivity index (χ0v) is 12.7. The summed E-state index contributed by atoms with van der Waals surface area (Å²) in [7, 11) is 1.99. The zero-order chi connectivity index (χ0) is 14.0. The summed E-state index contributed by atoms with van der Waals surface area (Å²) < 4.78 is 0. The Hall–Kier alpha value is -1.41. The Labute approximate surface area is 116 Å². The topological polar surface area (TPSA) is 24.9 Å². The van der Waals surface area contributed by atoms with E-state index in [0.717, 1.165) is 13.0 Å². The summed E-state index contributed by atoms with van der Waals surface area (Å²) in [5.41, 5.74) is 5.10. The highest BCUT2D eigenvalue weighted by Crippen LogP contribution is 2.28. The second-order valence-corrected chi connectivity index (χ2v) is 6.11. The predicted molar refractivity (Wildman–Crippen MR) is 82.6 cm³/mol. The fourth-order valence-electron chi connectivity index (χ4n) is 2.38. The first-order chi connectivity index (χ1) is 8.97. The van der Waals surface area contributed by atoms with E-state index in [1.807, 2.05) is 7.05 Å². The van der Waals surface area contributed by atoms with Crippen molar-refractivity contribution in [3.8, 4) is 0 Å². The van der Waals surface area contributed by atoms with Gasteiger partial charge in [0.25, 0.3) is 0 Å². The van der Waals surface area contributed by atoms with Crippen molar-refractivity contribution in [2.45, 2.75) is 46.1 Å². The van der Waals surface area contributed by atoms with E-state index < -0.39 is 0 Å². The number of para-hydroxylation sites is 1. The number of aryl methyl sites for hydroxylation is 1. The van der Waals surface area contributed by atoms with Gasteiger partial charge in [0, 0.05) is 23.0 Å². The molecule has 0 atom stereocenters. The second-order valence-electron chi connectivity index (χ2n) is 6.11. The summed E-state index contributed by atoms with van der Waals surface area (Å²) in [5, 5.41) is 4.54. The van der Waals surface area contributed by atoms with E-state index in [0.29, 0.717) is 0 Å². The quantitative estimate of drug-likeness (QED) is 0.903. The average Bonchev–Trinajstić information content (AvgIpc) is 2.37. The molecule has 1 aromatic heterocycles. The van der Waals surface area contributed by atoms with Crippen LogP contribution in [0.4, 0.5) is 0 Å². The molecule has 0 aliphatic carbocycles. The van der Waals surface area contributed by atoms with Gasteiger partial charge in [-0.3, -0.25) is 4.98 Å². The van der Waals surface area contributed by atoms with Gasteiger partial charge in [-0.2, -0.15) is 0 Å². The van der Waals surface area contributed by atoms with Gasteiger partial charge in [0.05, 0.1) is 5.52 Å². The van der Waals surface area contributed by atoms with Gasteiger partial charge in [0.15, 0.2) is 0 Å². The lowest BCUT2D eigenvalue weighted by Crippen LogP contribution is -2.16. The molecule has 1 aromatic carbocycles. The monoisotopic (exact) mass is 256 g/mol. The lowest BCUT2D eigenvalue weighted by atomic mass is 9.89. The minimum atomic E-state index is 0.0809. The number of rotatable bonds is 3. The number of pyridine rings is 1. The van der Waals surface area contributed by atoms with Crippen LogP contribution >= 0.6 is 0 Å². The van der Waals surface area contributed by atoms with Gasteiger partial charge in [-0.15, -0.1) is 0 Å². The standard InChI is InChI=1S/C17H24N2/c1-6-12-8-7-9-14-13(11-18-5)10-15(17(2,3)4)19-16(12)14/h7-10,18H,6,11H2,1-5H3. The molecule has 1 N–H and O–H groups in total. The first-order valence-electron chi connectivity index (χ1n) is 7.04. The molecule has 2 aromatic rings. The van der Waals surface area contributed by atoms with Crippen molar-refractivity contribution in [1.82, 2.24) is 10.3 Å². The summed E-state index contributed by atoms with van der Waals surface area (Å²) >= 11 is 0. The van der Waals surface area contributed by atoms with Gasteiger partial charge in [-0.25, -0.2) is 0 Å². The maximum absolute atomic E-state index is 4.93. The molecule has 19 heavy (non-hydrogen) atoms. The second kappa shape index (κ2) is 5.30. The van der Waals surface area contributed by atoms with Crippen LogP contribution in [0.25, 0.3) is 10.9 Å². The largest absolute Gasteiger partial charge is 0.316 e. The molecule has 0 saturated heterocycles. The maximum Gasteiger partial charge on any atom is 0.0740 e. The maximum atomic E-state index is 4.93. The number of nitrogens with one attached hydrogen (secondary N) is 1. The molecule has 0 unspecified atom stereocenters. The Morgan fingerprint density at radius 3 is 2.47 bits per heavy atom. The molecule has 102 valence electrons. The van der Waals surface area contributed by atoms with E-state index in [9.17, 15) is 0 Å². The van der Waals surface area contributed by atoms with Gasteiger partial charge in [0.2, 0.25) is 0 Å². The Kier molecular flexibility index (Phi) is 3.91. The molecule has 0 saturated carbocycles. The number of hydrogen-bond donors (Lipinski definition) is 1. The van der Waals surface area contributed by atoms with E-state index in [-0.39, 0.29) is 5.41 Å². The third kappa shape index (κ3) is 2.79. The molecule has 0 aliphatic heterocycles. The molecule has 0 amide bonds. The molecule has 0 spiro atoms. The summed E-state index contributed by atoms with van der Waals surface area (Å²) in [6.45, 7) is 9.74. The molecule has 0 radical (unpaired) electrons. The van der Waals surface area contributed by atoms with Crippen LogP contribution in [0.5, 0.6) is 0 Å². The molecule has 0 fully saturated rings.